The summed E-state index contributed by atoms with van der Waals surface area (Å²) in [6.45, 7) is 9.90. The van der Waals surface area contributed by atoms with Crippen molar-refractivity contribution >= 4 is 29.6 Å². The van der Waals surface area contributed by atoms with Gasteiger partial charge in [0.2, 0.25) is 0 Å². The largest absolute Gasteiger partial charge is 0.462 e. The summed E-state index contributed by atoms with van der Waals surface area (Å²) in [4.78, 5) is 35.6. The van der Waals surface area contributed by atoms with Crippen molar-refractivity contribution in [3.63, 3.8) is 0 Å². The van der Waals surface area contributed by atoms with Crippen LogP contribution >= 0.6 is 0 Å². The van der Waals surface area contributed by atoms with Gasteiger partial charge in [-0.3, -0.25) is 4.98 Å². The van der Waals surface area contributed by atoms with E-state index >= 15 is 0 Å². The molecular formula is C27H33FN6O4. The molecule has 1 amide bonds. The fourth-order valence-electron chi connectivity index (χ4n) is 4.39. The Morgan fingerprint density at radius 2 is 2.11 bits per heavy atom. The zero-order chi connectivity index (χ0) is 27.4. The summed E-state index contributed by atoms with van der Waals surface area (Å²) in [5, 5.41) is 6.96. The van der Waals surface area contributed by atoms with Gasteiger partial charge in [-0.1, -0.05) is 6.08 Å². The molecular weight excluding hydrogens is 491 g/mol. The first-order chi connectivity index (χ1) is 18.1. The van der Waals surface area contributed by atoms with E-state index in [9.17, 15) is 14.0 Å². The van der Waals surface area contributed by atoms with Gasteiger partial charge in [0.05, 0.1) is 30.7 Å². The van der Waals surface area contributed by atoms with Crippen molar-refractivity contribution < 1.29 is 23.5 Å². The maximum absolute atomic E-state index is 14.4. The SMILES string of the molecule is CCOC(=O)c1cnn2ccc(N3CCCC3c3cc(F)cnc3/C=C/[C@@H](C)NC(=O)OC(C)(C)C)nc12. The Bertz CT molecular complexity index is 1350. The second kappa shape index (κ2) is 11.2. The molecule has 10 nitrogen and oxygen atoms in total. The van der Waals surface area contributed by atoms with Crippen LogP contribution in [0.15, 0.2) is 36.8 Å². The summed E-state index contributed by atoms with van der Waals surface area (Å²) in [6.07, 6.45) is 9.05. The Kier molecular flexibility index (Phi) is 7.94. The normalized spacial score (nSPS) is 16.7. The summed E-state index contributed by atoms with van der Waals surface area (Å²) in [6, 6.07) is 2.79. The Balaban J connectivity index is 1.60. The quantitative estimate of drug-likeness (QED) is 0.443. The number of hydrogen-bond donors (Lipinski definition) is 1. The molecule has 202 valence electrons. The van der Waals surface area contributed by atoms with Crippen LogP contribution in [0.5, 0.6) is 0 Å². The van der Waals surface area contributed by atoms with Crippen LogP contribution in [0, 0.1) is 5.82 Å². The summed E-state index contributed by atoms with van der Waals surface area (Å²) >= 11 is 0. The predicted molar refractivity (Wildman–Crippen MR) is 140 cm³/mol. The Morgan fingerprint density at radius 1 is 1.32 bits per heavy atom. The van der Waals surface area contributed by atoms with Crippen molar-refractivity contribution in [3.8, 4) is 0 Å². The summed E-state index contributed by atoms with van der Waals surface area (Å²) in [5.74, 6) is -0.279. The van der Waals surface area contributed by atoms with E-state index in [0.29, 0.717) is 29.3 Å². The van der Waals surface area contributed by atoms with Gasteiger partial charge >= 0.3 is 12.1 Å². The second-order valence-corrected chi connectivity index (χ2v) is 10.1. The number of anilines is 1. The number of carbonyl (C=O) groups excluding carboxylic acids is 2. The molecule has 1 aliphatic heterocycles. The lowest BCUT2D eigenvalue weighted by molar-refractivity contribution is 0.0511. The smallest absolute Gasteiger partial charge is 0.408 e. The summed E-state index contributed by atoms with van der Waals surface area (Å²) in [7, 11) is 0. The van der Waals surface area contributed by atoms with Gasteiger partial charge in [0, 0.05) is 24.3 Å². The fraction of sp³-hybridized carbons (Fsp3) is 0.444. The van der Waals surface area contributed by atoms with E-state index in [2.05, 4.69) is 20.3 Å². The van der Waals surface area contributed by atoms with Crippen molar-refractivity contribution in [3.05, 3.63) is 59.4 Å². The second-order valence-electron chi connectivity index (χ2n) is 10.1. The van der Waals surface area contributed by atoms with E-state index < -0.39 is 23.5 Å². The molecule has 11 heteroatoms. The number of alkyl carbamates (subject to hydrolysis) is 1. The first kappa shape index (κ1) is 27.0. The van der Waals surface area contributed by atoms with Crippen molar-refractivity contribution in [2.45, 2.75) is 65.1 Å². The molecule has 3 aromatic rings. The number of hydrogen-bond acceptors (Lipinski definition) is 8. The number of nitrogens with one attached hydrogen (secondary N) is 1. The standard InChI is InChI=1S/C27H33FN6O4/c1-6-37-25(35)20-16-30-34-13-11-23(32-24(20)34)33-12-7-8-22(33)19-14-18(28)15-29-21(19)10-9-17(2)31-26(36)38-27(3,4)5/h9-11,13-17,22H,6-8,12H2,1-5H3,(H,31,36)/b10-9+/t17-,22?/m1/s1. The van der Waals surface area contributed by atoms with Crippen LogP contribution in [0.1, 0.15) is 75.1 Å². The molecule has 0 aliphatic carbocycles. The highest BCUT2D eigenvalue weighted by Crippen LogP contribution is 2.37. The lowest BCUT2D eigenvalue weighted by atomic mass is 10.0. The average molecular weight is 525 g/mol. The lowest BCUT2D eigenvalue weighted by Gasteiger charge is -2.27. The zero-order valence-corrected chi connectivity index (χ0v) is 22.3. The topological polar surface area (TPSA) is 111 Å². The Labute approximate surface area is 220 Å². The number of ether oxygens (including phenoxy) is 2. The van der Waals surface area contributed by atoms with Crippen LogP contribution < -0.4 is 10.2 Å². The van der Waals surface area contributed by atoms with Gasteiger partial charge in [0.25, 0.3) is 0 Å². The third-order valence-corrected chi connectivity index (χ3v) is 5.96. The molecule has 1 N–H and O–H groups in total. The van der Waals surface area contributed by atoms with Gasteiger partial charge in [-0.2, -0.15) is 5.10 Å². The van der Waals surface area contributed by atoms with E-state index in [0.717, 1.165) is 12.8 Å². The van der Waals surface area contributed by atoms with E-state index in [1.807, 2.05) is 13.0 Å². The minimum absolute atomic E-state index is 0.184. The molecule has 0 saturated carbocycles. The van der Waals surface area contributed by atoms with Crippen LogP contribution in [0.25, 0.3) is 11.7 Å². The van der Waals surface area contributed by atoms with Gasteiger partial charge in [0.1, 0.15) is 22.8 Å². The van der Waals surface area contributed by atoms with Crippen molar-refractivity contribution in [1.29, 1.82) is 0 Å². The fourth-order valence-corrected chi connectivity index (χ4v) is 4.39. The lowest BCUT2D eigenvalue weighted by Crippen LogP contribution is -2.36. The molecule has 0 spiro atoms. The molecule has 1 aliphatic rings. The molecule has 1 unspecified atom stereocenters. The predicted octanol–water partition coefficient (Wildman–Crippen LogP) is 4.71. The van der Waals surface area contributed by atoms with Crippen LogP contribution in [0.2, 0.25) is 0 Å². The van der Waals surface area contributed by atoms with E-state index in [4.69, 9.17) is 14.5 Å². The van der Waals surface area contributed by atoms with Crippen LogP contribution in [-0.2, 0) is 9.47 Å². The molecule has 0 bridgehead atoms. The number of esters is 1. The number of amides is 1. The number of fused-ring (bicyclic) bond motifs is 1. The van der Waals surface area contributed by atoms with Crippen molar-refractivity contribution in [2.75, 3.05) is 18.1 Å². The van der Waals surface area contributed by atoms with E-state index in [1.54, 1.807) is 46.0 Å². The Hall–Kier alpha value is -4.02. The van der Waals surface area contributed by atoms with Crippen LogP contribution in [0.3, 0.4) is 0 Å². The number of pyridine rings is 1. The number of halogens is 1. The number of carbonyl (C=O) groups is 2. The van der Waals surface area contributed by atoms with Crippen LogP contribution in [0.4, 0.5) is 15.0 Å². The minimum atomic E-state index is -0.601. The van der Waals surface area contributed by atoms with E-state index in [-0.39, 0.29) is 24.3 Å². The van der Waals surface area contributed by atoms with Gasteiger partial charge in [-0.05, 0) is 65.7 Å². The number of rotatable bonds is 7. The highest BCUT2D eigenvalue weighted by Gasteiger charge is 2.30. The molecule has 4 heterocycles. The molecule has 0 aromatic carbocycles. The summed E-state index contributed by atoms with van der Waals surface area (Å²) in [5.41, 5.74) is 1.39. The molecule has 1 fully saturated rings. The molecule has 1 saturated heterocycles. The van der Waals surface area contributed by atoms with E-state index in [1.165, 1.54) is 23.0 Å². The Morgan fingerprint density at radius 3 is 2.84 bits per heavy atom. The van der Waals surface area contributed by atoms with Gasteiger partial charge in [-0.15, -0.1) is 0 Å². The first-order valence-corrected chi connectivity index (χ1v) is 12.7. The maximum Gasteiger partial charge on any atom is 0.408 e. The van der Waals surface area contributed by atoms with Crippen molar-refractivity contribution in [2.24, 2.45) is 0 Å². The molecule has 4 rings (SSSR count). The monoisotopic (exact) mass is 524 g/mol. The van der Waals surface area contributed by atoms with Gasteiger partial charge < -0.3 is 19.7 Å². The highest BCUT2D eigenvalue weighted by atomic mass is 19.1. The molecule has 3 aromatic heterocycles. The third-order valence-electron chi connectivity index (χ3n) is 5.96. The maximum atomic E-state index is 14.4. The van der Waals surface area contributed by atoms with Gasteiger partial charge in [-0.25, -0.2) is 23.5 Å². The van der Waals surface area contributed by atoms with Gasteiger partial charge in [0.15, 0.2) is 5.65 Å². The van der Waals surface area contributed by atoms with Crippen molar-refractivity contribution in [1.82, 2.24) is 24.9 Å². The third kappa shape index (κ3) is 6.27. The molecule has 38 heavy (non-hydrogen) atoms. The summed E-state index contributed by atoms with van der Waals surface area (Å²) < 4.78 is 26.4. The average Bonchev–Trinajstić information content (AvgIpc) is 3.49. The number of aromatic nitrogens is 4. The number of nitrogens with zero attached hydrogens (tertiary/aromatic N) is 5. The van der Waals surface area contributed by atoms with Crippen LogP contribution in [-0.4, -0.2) is 56.4 Å². The zero-order valence-electron chi connectivity index (χ0n) is 22.3. The first-order valence-electron chi connectivity index (χ1n) is 12.7. The molecule has 0 radical (unpaired) electrons. The minimum Gasteiger partial charge on any atom is -0.462 e. The highest BCUT2D eigenvalue weighted by molar-refractivity contribution is 5.95. The molecule has 2 atom stereocenters.